The molecule has 0 bridgehead atoms. The number of hydrogen-bond donors (Lipinski definition) is 0. The highest BCUT2D eigenvalue weighted by atomic mass is 16.6. The fourth-order valence-corrected chi connectivity index (χ4v) is 2.83. The van der Waals surface area contributed by atoms with Crippen molar-refractivity contribution >= 4 is 0 Å². The predicted molar refractivity (Wildman–Crippen MR) is 60.2 cm³/mol. The van der Waals surface area contributed by atoms with Gasteiger partial charge in [0.25, 0.3) is 0 Å². The first kappa shape index (κ1) is 10.2. The Hall–Kier alpha value is -0.930. The van der Waals surface area contributed by atoms with Crippen LogP contribution in [0.15, 0.2) is 12.3 Å². The molecule has 1 saturated heterocycles. The van der Waals surface area contributed by atoms with E-state index in [1.54, 1.807) is 0 Å². The lowest BCUT2D eigenvalue weighted by molar-refractivity contribution is -0.253. The minimum absolute atomic E-state index is 0.197. The summed E-state index contributed by atoms with van der Waals surface area (Å²) in [5.41, 5.74) is 3.20. The van der Waals surface area contributed by atoms with Crippen LogP contribution in [-0.4, -0.2) is 18.2 Å². The van der Waals surface area contributed by atoms with Gasteiger partial charge in [-0.05, 0) is 31.9 Å². The van der Waals surface area contributed by atoms with Crippen LogP contribution in [0.5, 0.6) is 0 Å². The van der Waals surface area contributed by atoms with Gasteiger partial charge in [0.1, 0.15) is 0 Å². The van der Waals surface area contributed by atoms with Gasteiger partial charge in [0.05, 0.1) is 24.5 Å². The van der Waals surface area contributed by atoms with Gasteiger partial charge in [-0.1, -0.05) is 6.92 Å². The maximum atomic E-state index is 6.29. The molecule has 0 aromatic carbocycles. The van der Waals surface area contributed by atoms with E-state index < -0.39 is 0 Å². The molecule has 1 aromatic rings. The first-order chi connectivity index (χ1) is 7.61. The number of rotatable bonds is 1. The zero-order valence-corrected chi connectivity index (χ0v) is 10.0. The maximum Gasteiger partial charge on any atom is 0.158 e. The third-order valence-corrected chi connectivity index (χ3v) is 3.89. The second kappa shape index (κ2) is 3.05. The summed E-state index contributed by atoms with van der Waals surface area (Å²) in [6.45, 7) is 7.75. The van der Waals surface area contributed by atoms with Crippen LogP contribution in [0.1, 0.15) is 37.1 Å². The van der Waals surface area contributed by atoms with Crippen LogP contribution in [0.4, 0.5) is 0 Å². The van der Waals surface area contributed by atoms with Gasteiger partial charge in [-0.25, -0.2) is 0 Å². The van der Waals surface area contributed by atoms with Gasteiger partial charge in [0, 0.05) is 11.8 Å². The molecule has 3 rings (SSSR count). The third-order valence-electron chi connectivity index (χ3n) is 3.89. The topological polar surface area (TPSA) is 31.4 Å². The highest BCUT2D eigenvalue weighted by molar-refractivity contribution is 5.42. The van der Waals surface area contributed by atoms with Crippen molar-refractivity contribution in [1.29, 1.82) is 0 Å². The smallest absolute Gasteiger partial charge is 0.158 e. The molecule has 1 spiro atoms. The molecule has 86 valence electrons. The van der Waals surface area contributed by atoms with E-state index in [-0.39, 0.29) is 11.2 Å². The summed E-state index contributed by atoms with van der Waals surface area (Å²) in [6, 6.07) is 2.06. The predicted octanol–water partition coefficient (Wildman–Crippen LogP) is 2.27. The van der Waals surface area contributed by atoms with Crippen molar-refractivity contribution in [1.82, 2.24) is 4.98 Å². The second-order valence-electron chi connectivity index (χ2n) is 5.03. The van der Waals surface area contributed by atoms with Crippen molar-refractivity contribution in [3.05, 3.63) is 29.1 Å². The first-order valence-corrected chi connectivity index (χ1v) is 5.86. The molecule has 1 aromatic heterocycles. The lowest BCUT2D eigenvalue weighted by atomic mass is 9.87. The largest absolute Gasteiger partial charge is 0.374 e. The summed E-state index contributed by atoms with van der Waals surface area (Å²) < 4.78 is 11.6. The Labute approximate surface area is 95.8 Å². The fourth-order valence-electron chi connectivity index (χ4n) is 2.83. The van der Waals surface area contributed by atoms with Crippen molar-refractivity contribution in [2.24, 2.45) is 0 Å². The minimum atomic E-state index is -0.258. The molecule has 3 heterocycles. The Morgan fingerprint density at radius 1 is 1.44 bits per heavy atom. The van der Waals surface area contributed by atoms with Gasteiger partial charge in [-0.15, -0.1) is 0 Å². The average Bonchev–Trinajstić information content (AvgIpc) is 2.51. The molecule has 1 unspecified atom stereocenters. The maximum absolute atomic E-state index is 6.29. The third kappa shape index (κ3) is 1.08. The summed E-state index contributed by atoms with van der Waals surface area (Å²) in [7, 11) is 0. The number of ether oxygens (including phenoxy) is 2. The fraction of sp³-hybridized carbons (Fsp3) is 0.615. The van der Waals surface area contributed by atoms with Crippen molar-refractivity contribution < 1.29 is 9.47 Å². The standard InChI is InChI=1S/C13H17NO2/c1-4-12(3)10-9(2)5-6-14-11(10)13(16-12)7-15-8-13/h5-6H,4,7-8H2,1-3H3. The molecule has 0 saturated carbocycles. The molecular weight excluding hydrogens is 202 g/mol. The summed E-state index contributed by atoms with van der Waals surface area (Å²) in [5, 5.41) is 0. The van der Waals surface area contributed by atoms with Crippen LogP contribution < -0.4 is 0 Å². The van der Waals surface area contributed by atoms with Gasteiger partial charge in [-0.2, -0.15) is 0 Å². The zero-order valence-electron chi connectivity index (χ0n) is 10.0. The molecule has 0 amide bonds. The van der Waals surface area contributed by atoms with E-state index in [0.717, 1.165) is 12.1 Å². The van der Waals surface area contributed by atoms with Gasteiger partial charge in [0.15, 0.2) is 5.60 Å². The number of aromatic nitrogens is 1. The molecule has 0 radical (unpaired) electrons. The van der Waals surface area contributed by atoms with E-state index in [1.165, 1.54) is 11.1 Å². The number of aryl methyl sites for hydroxylation is 1. The van der Waals surface area contributed by atoms with E-state index in [2.05, 4.69) is 31.8 Å². The summed E-state index contributed by atoms with van der Waals surface area (Å²) in [4.78, 5) is 4.53. The van der Waals surface area contributed by atoms with Crippen molar-refractivity contribution in [2.45, 2.75) is 38.4 Å². The molecule has 1 atom stereocenters. The van der Waals surface area contributed by atoms with Gasteiger partial charge in [-0.3, -0.25) is 4.98 Å². The Balaban J connectivity index is 2.22. The van der Waals surface area contributed by atoms with Gasteiger partial charge >= 0.3 is 0 Å². The molecule has 1 fully saturated rings. The van der Waals surface area contributed by atoms with Crippen LogP contribution >= 0.6 is 0 Å². The lowest BCUT2D eigenvalue weighted by Crippen LogP contribution is -2.48. The summed E-state index contributed by atoms with van der Waals surface area (Å²) >= 11 is 0. The lowest BCUT2D eigenvalue weighted by Gasteiger charge is -2.39. The molecule has 16 heavy (non-hydrogen) atoms. The molecule has 2 aliphatic heterocycles. The van der Waals surface area contributed by atoms with Crippen LogP contribution in [0.3, 0.4) is 0 Å². The van der Waals surface area contributed by atoms with Gasteiger partial charge < -0.3 is 9.47 Å². The van der Waals surface area contributed by atoms with Crippen LogP contribution in [0, 0.1) is 6.92 Å². The zero-order chi connectivity index (χ0) is 11.4. The Bertz CT molecular complexity index is 440. The Kier molecular flexibility index (Phi) is 1.95. The first-order valence-electron chi connectivity index (χ1n) is 5.86. The monoisotopic (exact) mass is 219 g/mol. The van der Waals surface area contributed by atoms with Crippen molar-refractivity contribution in [3.8, 4) is 0 Å². The SMILES string of the molecule is CCC1(C)OC2(COC2)c2nccc(C)c21. The van der Waals surface area contributed by atoms with E-state index >= 15 is 0 Å². The molecule has 0 N–H and O–H groups in total. The van der Waals surface area contributed by atoms with Crippen molar-refractivity contribution in [3.63, 3.8) is 0 Å². The summed E-state index contributed by atoms with van der Waals surface area (Å²) in [6.07, 6.45) is 2.84. The normalized spacial score (nSPS) is 30.2. The summed E-state index contributed by atoms with van der Waals surface area (Å²) in [5.74, 6) is 0. The average molecular weight is 219 g/mol. The quantitative estimate of drug-likeness (QED) is 0.726. The number of fused-ring (bicyclic) bond motifs is 2. The van der Waals surface area contributed by atoms with E-state index in [0.29, 0.717) is 13.2 Å². The number of hydrogen-bond acceptors (Lipinski definition) is 3. The van der Waals surface area contributed by atoms with E-state index in [1.807, 2.05) is 6.20 Å². The Morgan fingerprint density at radius 2 is 2.19 bits per heavy atom. The van der Waals surface area contributed by atoms with Crippen LogP contribution in [-0.2, 0) is 20.7 Å². The second-order valence-corrected chi connectivity index (χ2v) is 5.03. The molecule has 3 nitrogen and oxygen atoms in total. The molecule has 0 aliphatic carbocycles. The van der Waals surface area contributed by atoms with E-state index in [4.69, 9.17) is 9.47 Å². The number of nitrogens with zero attached hydrogens (tertiary/aromatic N) is 1. The van der Waals surface area contributed by atoms with Gasteiger partial charge in [0.2, 0.25) is 0 Å². The Morgan fingerprint density at radius 3 is 2.75 bits per heavy atom. The van der Waals surface area contributed by atoms with Crippen molar-refractivity contribution in [2.75, 3.05) is 13.2 Å². The minimum Gasteiger partial charge on any atom is -0.374 e. The molecular formula is C13H17NO2. The highest BCUT2D eigenvalue weighted by Crippen LogP contribution is 2.51. The number of pyridine rings is 1. The van der Waals surface area contributed by atoms with Crippen LogP contribution in [0.25, 0.3) is 0 Å². The molecule has 3 heteroatoms. The molecule has 2 aliphatic rings. The van der Waals surface area contributed by atoms with Crippen LogP contribution in [0.2, 0.25) is 0 Å². The highest BCUT2D eigenvalue weighted by Gasteiger charge is 2.56. The van der Waals surface area contributed by atoms with E-state index in [9.17, 15) is 0 Å².